The molecule has 1 aromatic rings. The molecule has 1 N–H and O–H groups in total. The Bertz CT molecular complexity index is 346. The standard InChI is InChI=1S/C12H19FN4/c1-14-10-3-5-11(6-4-10)17(2)12-15-7-9(13)8-16-12/h7-8,10-11,14H,3-6H2,1-2H3. The summed E-state index contributed by atoms with van der Waals surface area (Å²) in [5.41, 5.74) is 0. The van der Waals surface area contributed by atoms with E-state index in [9.17, 15) is 4.39 Å². The van der Waals surface area contributed by atoms with Gasteiger partial charge in [-0.25, -0.2) is 14.4 Å². The van der Waals surface area contributed by atoms with Crippen LogP contribution in [0.15, 0.2) is 12.4 Å². The summed E-state index contributed by atoms with van der Waals surface area (Å²) in [7, 11) is 4.00. The number of halogens is 1. The Kier molecular flexibility index (Phi) is 3.89. The number of nitrogens with zero attached hydrogens (tertiary/aromatic N) is 3. The van der Waals surface area contributed by atoms with Crippen LogP contribution >= 0.6 is 0 Å². The van der Waals surface area contributed by atoms with E-state index < -0.39 is 0 Å². The molecule has 1 saturated carbocycles. The summed E-state index contributed by atoms with van der Waals surface area (Å²) in [5.74, 6) is 0.223. The van der Waals surface area contributed by atoms with Crippen molar-refractivity contribution in [3.8, 4) is 0 Å². The number of anilines is 1. The molecule has 1 aliphatic carbocycles. The minimum Gasteiger partial charge on any atom is -0.341 e. The second kappa shape index (κ2) is 5.40. The van der Waals surface area contributed by atoms with Gasteiger partial charge in [-0.15, -0.1) is 0 Å². The highest BCUT2D eigenvalue weighted by molar-refractivity contribution is 5.29. The van der Waals surface area contributed by atoms with Crippen molar-refractivity contribution in [2.75, 3.05) is 19.0 Å². The van der Waals surface area contributed by atoms with Gasteiger partial charge in [0.2, 0.25) is 5.95 Å². The zero-order valence-electron chi connectivity index (χ0n) is 10.4. The van der Waals surface area contributed by atoms with E-state index in [2.05, 4.69) is 20.2 Å². The van der Waals surface area contributed by atoms with E-state index >= 15 is 0 Å². The lowest BCUT2D eigenvalue weighted by atomic mass is 9.90. The Morgan fingerprint density at radius 3 is 2.35 bits per heavy atom. The van der Waals surface area contributed by atoms with Gasteiger partial charge >= 0.3 is 0 Å². The molecule has 0 spiro atoms. The highest BCUT2D eigenvalue weighted by Gasteiger charge is 2.24. The van der Waals surface area contributed by atoms with E-state index in [1.807, 2.05) is 14.1 Å². The van der Waals surface area contributed by atoms with Crippen LogP contribution in [0.5, 0.6) is 0 Å². The third-order valence-corrected chi connectivity index (χ3v) is 3.57. The normalized spacial score (nSPS) is 24.6. The van der Waals surface area contributed by atoms with Gasteiger partial charge < -0.3 is 10.2 Å². The molecule has 1 fully saturated rings. The molecule has 2 rings (SSSR count). The van der Waals surface area contributed by atoms with Crippen molar-refractivity contribution < 1.29 is 4.39 Å². The Hall–Kier alpha value is -1.23. The molecule has 4 nitrogen and oxygen atoms in total. The first-order valence-electron chi connectivity index (χ1n) is 6.08. The van der Waals surface area contributed by atoms with Crippen LogP contribution in [0.3, 0.4) is 0 Å². The van der Waals surface area contributed by atoms with Gasteiger partial charge in [0.15, 0.2) is 5.82 Å². The van der Waals surface area contributed by atoms with Crippen LogP contribution in [-0.4, -0.2) is 36.1 Å². The first-order valence-corrected chi connectivity index (χ1v) is 6.08. The third kappa shape index (κ3) is 2.91. The SMILES string of the molecule is CNC1CCC(N(C)c2ncc(F)cn2)CC1. The van der Waals surface area contributed by atoms with E-state index in [4.69, 9.17) is 0 Å². The predicted octanol–water partition coefficient (Wildman–Crippen LogP) is 1.58. The van der Waals surface area contributed by atoms with Gasteiger partial charge in [-0.3, -0.25) is 0 Å². The van der Waals surface area contributed by atoms with Gasteiger partial charge in [-0.05, 0) is 32.7 Å². The second-order valence-electron chi connectivity index (χ2n) is 4.61. The van der Waals surface area contributed by atoms with Crippen LogP contribution in [0.4, 0.5) is 10.3 Å². The average Bonchev–Trinajstić information content (AvgIpc) is 2.39. The first-order chi connectivity index (χ1) is 8.20. The molecule has 0 saturated heterocycles. The molecule has 0 atom stereocenters. The van der Waals surface area contributed by atoms with E-state index in [1.165, 1.54) is 25.2 Å². The fourth-order valence-corrected chi connectivity index (χ4v) is 2.40. The van der Waals surface area contributed by atoms with E-state index in [0.29, 0.717) is 18.0 Å². The maximum Gasteiger partial charge on any atom is 0.225 e. The number of rotatable bonds is 3. The van der Waals surface area contributed by atoms with Crippen molar-refractivity contribution in [1.29, 1.82) is 0 Å². The highest BCUT2D eigenvalue weighted by atomic mass is 19.1. The summed E-state index contributed by atoms with van der Waals surface area (Å²) < 4.78 is 12.7. The second-order valence-corrected chi connectivity index (χ2v) is 4.61. The maximum absolute atomic E-state index is 12.7. The molecule has 0 unspecified atom stereocenters. The van der Waals surface area contributed by atoms with Gasteiger partial charge in [0.1, 0.15) is 0 Å². The lowest BCUT2D eigenvalue weighted by Gasteiger charge is -2.34. The van der Waals surface area contributed by atoms with Gasteiger partial charge in [0.25, 0.3) is 0 Å². The Morgan fingerprint density at radius 2 is 1.82 bits per heavy atom. The molecule has 0 amide bonds. The molecule has 0 aromatic carbocycles. The van der Waals surface area contributed by atoms with Crippen molar-refractivity contribution in [2.24, 2.45) is 0 Å². The Morgan fingerprint density at radius 1 is 1.24 bits per heavy atom. The quantitative estimate of drug-likeness (QED) is 0.868. The van der Waals surface area contributed by atoms with E-state index in [1.54, 1.807) is 0 Å². The Labute approximate surface area is 101 Å². The third-order valence-electron chi connectivity index (χ3n) is 3.57. The van der Waals surface area contributed by atoms with Crippen LogP contribution < -0.4 is 10.2 Å². The van der Waals surface area contributed by atoms with Crippen LogP contribution in [0.1, 0.15) is 25.7 Å². The topological polar surface area (TPSA) is 41.0 Å². The van der Waals surface area contributed by atoms with E-state index in [-0.39, 0.29) is 5.82 Å². The monoisotopic (exact) mass is 238 g/mol. The largest absolute Gasteiger partial charge is 0.341 e. The van der Waals surface area contributed by atoms with Crippen molar-refractivity contribution >= 4 is 5.95 Å². The van der Waals surface area contributed by atoms with Crippen LogP contribution in [-0.2, 0) is 0 Å². The number of hydrogen-bond donors (Lipinski definition) is 1. The molecule has 0 aliphatic heterocycles. The number of nitrogens with one attached hydrogen (secondary N) is 1. The van der Waals surface area contributed by atoms with Crippen molar-refractivity contribution in [1.82, 2.24) is 15.3 Å². The van der Waals surface area contributed by atoms with Crippen molar-refractivity contribution in [2.45, 2.75) is 37.8 Å². The fraction of sp³-hybridized carbons (Fsp3) is 0.667. The zero-order chi connectivity index (χ0) is 12.3. The smallest absolute Gasteiger partial charge is 0.225 e. The minimum atomic E-state index is -0.388. The molecule has 1 heterocycles. The molecule has 0 radical (unpaired) electrons. The Balaban J connectivity index is 1.96. The highest BCUT2D eigenvalue weighted by Crippen LogP contribution is 2.24. The number of aromatic nitrogens is 2. The minimum absolute atomic E-state index is 0.388. The molecule has 1 aliphatic rings. The predicted molar refractivity (Wildman–Crippen MR) is 65.5 cm³/mol. The average molecular weight is 238 g/mol. The summed E-state index contributed by atoms with van der Waals surface area (Å²) in [6.07, 6.45) is 7.04. The van der Waals surface area contributed by atoms with Gasteiger partial charge in [0, 0.05) is 19.1 Å². The van der Waals surface area contributed by atoms with Gasteiger partial charge in [-0.1, -0.05) is 0 Å². The summed E-state index contributed by atoms with van der Waals surface area (Å²) in [6.45, 7) is 0. The van der Waals surface area contributed by atoms with Crippen molar-refractivity contribution in [3.05, 3.63) is 18.2 Å². The molecule has 17 heavy (non-hydrogen) atoms. The fourth-order valence-electron chi connectivity index (χ4n) is 2.40. The maximum atomic E-state index is 12.7. The molecule has 1 aromatic heterocycles. The molecular formula is C12H19FN4. The zero-order valence-corrected chi connectivity index (χ0v) is 10.4. The summed E-state index contributed by atoms with van der Waals surface area (Å²) in [4.78, 5) is 10.1. The lowest BCUT2D eigenvalue weighted by Crippen LogP contribution is -2.40. The van der Waals surface area contributed by atoms with Crippen molar-refractivity contribution in [3.63, 3.8) is 0 Å². The molecule has 5 heteroatoms. The summed E-state index contributed by atoms with van der Waals surface area (Å²) in [6, 6.07) is 1.10. The molecule has 94 valence electrons. The summed E-state index contributed by atoms with van der Waals surface area (Å²) in [5, 5.41) is 3.31. The molecule has 0 bridgehead atoms. The lowest BCUT2D eigenvalue weighted by molar-refractivity contribution is 0.349. The van der Waals surface area contributed by atoms with Gasteiger partial charge in [-0.2, -0.15) is 0 Å². The van der Waals surface area contributed by atoms with Crippen LogP contribution in [0.2, 0.25) is 0 Å². The first kappa shape index (κ1) is 12.2. The van der Waals surface area contributed by atoms with Crippen LogP contribution in [0.25, 0.3) is 0 Å². The summed E-state index contributed by atoms with van der Waals surface area (Å²) >= 11 is 0. The number of hydrogen-bond acceptors (Lipinski definition) is 4. The molecular weight excluding hydrogens is 219 g/mol. The van der Waals surface area contributed by atoms with Gasteiger partial charge in [0.05, 0.1) is 12.4 Å². The van der Waals surface area contributed by atoms with Crippen LogP contribution in [0, 0.1) is 5.82 Å². The van der Waals surface area contributed by atoms with E-state index in [0.717, 1.165) is 12.8 Å².